The standard InChI is InChI=1S/C16H20N4OS/c1-9-8-22-16-14(9)15(17-10(2)18-16)20-7-13(21)19-11-5-3-4-6-12(11)20/h8,11-12H,3-7H2,1-2H3,(H,19,21). The van der Waals surface area contributed by atoms with E-state index < -0.39 is 0 Å². The zero-order chi connectivity index (χ0) is 15.3. The van der Waals surface area contributed by atoms with E-state index in [0.717, 1.165) is 34.7 Å². The van der Waals surface area contributed by atoms with E-state index in [1.807, 2.05) is 6.92 Å². The first-order valence-corrected chi connectivity index (χ1v) is 8.80. The molecule has 0 aromatic carbocycles. The van der Waals surface area contributed by atoms with E-state index in [4.69, 9.17) is 4.98 Å². The lowest BCUT2D eigenvalue weighted by Crippen LogP contribution is -2.62. The SMILES string of the molecule is Cc1nc(N2CC(=O)NC3CCCCC32)c2c(C)csc2n1. The predicted octanol–water partition coefficient (Wildman–Crippen LogP) is 2.56. The molecule has 5 nitrogen and oxygen atoms in total. The summed E-state index contributed by atoms with van der Waals surface area (Å²) < 4.78 is 0. The number of aryl methyl sites for hydroxylation is 2. The summed E-state index contributed by atoms with van der Waals surface area (Å²) in [4.78, 5) is 24.7. The molecule has 1 amide bonds. The van der Waals surface area contributed by atoms with Crippen LogP contribution in [0.1, 0.15) is 37.1 Å². The molecule has 2 unspecified atom stereocenters. The van der Waals surface area contributed by atoms with Crippen LogP contribution in [0.3, 0.4) is 0 Å². The molecule has 2 fully saturated rings. The Labute approximate surface area is 133 Å². The zero-order valence-electron chi connectivity index (χ0n) is 12.9. The van der Waals surface area contributed by atoms with Crippen molar-refractivity contribution >= 4 is 33.3 Å². The van der Waals surface area contributed by atoms with Crippen LogP contribution >= 0.6 is 11.3 Å². The fourth-order valence-electron chi connectivity index (χ4n) is 3.78. The van der Waals surface area contributed by atoms with Crippen molar-refractivity contribution in [2.45, 2.75) is 51.6 Å². The third-order valence-corrected chi connectivity index (χ3v) is 5.76. The highest BCUT2D eigenvalue weighted by Crippen LogP contribution is 2.36. The van der Waals surface area contributed by atoms with Crippen molar-refractivity contribution in [1.82, 2.24) is 15.3 Å². The van der Waals surface area contributed by atoms with Crippen LogP contribution in [0.4, 0.5) is 5.82 Å². The number of hydrogen-bond acceptors (Lipinski definition) is 5. The Hall–Kier alpha value is -1.69. The van der Waals surface area contributed by atoms with Crippen LogP contribution in [0, 0.1) is 13.8 Å². The maximum Gasteiger partial charge on any atom is 0.239 e. The molecule has 2 aromatic rings. The Kier molecular flexibility index (Phi) is 3.29. The Morgan fingerprint density at radius 1 is 1.27 bits per heavy atom. The molecule has 0 spiro atoms. The molecule has 4 rings (SSSR count). The largest absolute Gasteiger partial charge is 0.350 e. The van der Waals surface area contributed by atoms with Gasteiger partial charge in [0.15, 0.2) is 0 Å². The predicted molar refractivity (Wildman–Crippen MR) is 88.4 cm³/mol. The van der Waals surface area contributed by atoms with E-state index in [1.54, 1.807) is 11.3 Å². The van der Waals surface area contributed by atoms with E-state index >= 15 is 0 Å². The normalized spacial score (nSPS) is 25.2. The number of fused-ring (bicyclic) bond motifs is 2. The molecule has 1 N–H and O–H groups in total. The van der Waals surface area contributed by atoms with Gasteiger partial charge in [0.2, 0.25) is 5.91 Å². The highest BCUT2D eigenvalue weighted by Gasteiger charge is 2.38. The second-order valence-electron chi connectivity index (χ2n) is 6.35. The number of anilines is 1. The minimum absolute atomic E-state index is 0.112. The summed E-state index contributed by atoms with van der Waals surface area (Å²) in [6, 6.07) is 0.627. The molecule has 6 heteroatoms. The summed E-state index contributed by atoms with van der Waals surface area (Å²) in [5, 5.41) is 6.42. The maximum atomic E-state index is 12.2. The highest BCUT2D eigenvalue weighted by atomic mass is 32.1. The second-order valence-corrected chi connectivity index (χ2v) is 7.21. The molecular formula is C16H20N4OS. The quantitative estimate of drug-likeness (QED) is 0.878. The minimum atomic E-state index is 0.112. The molecule has 22 heavy (non-hydrogen) atoms. The Balaban J connectivity index is 1.85. The first-order chi connectivity index (χ1) is 10.6. The van der Waals surface area contributed by atoms with Crippen molar-refractivity contribution in [3.05, 3.63) is 16.8 Å². The van der Waals surface area contributed by atoms with Gasteiger partial charge in [0, 0.05) is 6.04 Å². The third-order valence-electron chi connectivity index (χ3n) is 4.77. The van der Waals surface area contributed by atoms with E-state index in [-0.39, 0.29) is 11.9 Å². The minimum Gasteiger partial charge on any atom is -0.350 e. The van der Waals surface area contributed by atoms with Crippen molar-refractivity contribution in [2.75, 3.05) is 11.4 Å². The van der Waals surface area contributed by atoms with E-state index in [1.165, 1.54) is 18.4 Å². The average molecular weight is 316 g/mol. The number of carbonyl (C=O) groups is 1. The average Bonchev–Trinajstić information content (AvgIpc) is 2.86. The third kappa shape index (κ3) is 2.17. The van der Waals surface area contributed by atoms with Crippen LogP contribution < -0.4 is 10.2 Å². The van der Waals surface area contributed by atoms with Crippen LogP contribution in [-0.2, 0) is 4.79 Å². The molecule has 116 valence electrons. The Bertz CT molecular complexity index is 741. The summed E-state index contributed by atoms with van der Waals surface area (Å²) in [6.07, 6.45) is 4.62. The van der Waals surface area contributed by atoms with E-state index in [9.17, 15) is 4.79 Å². The molecule has 1 saturated carbocycles. The van der Waals surface area contributed by atoms with Gasteiger partial charge in [-0.25, -0.2) is 9.97 Å². The number of aromatic nitrogens is 2. The maximum absolute atomic E-state index is 12.2. The van der Waals surface area contributed by atoms with Gasteiger partial charge in [-0.2, -0.15) is 0 Å². The van der Waals surface area contributed by atoms with Gasteiger partial charge in [0.25, 0.3) is 0 Å². The Morgan fingerprint density at radius 2 is 2.09 bits per heavy atom. The lowest BCUT2D eigenvalue weighted by Gasteiger charge is -2.44. The van der Waals surface area contributed by atoms with Crippen LogP contribution in [0.2, 0.25) is 0 Å². The van der Waals surface area contributed by atoms with Crippen molar-refractivity contribution < 1.29 is 4.79 Å². The number of hydrogen-bond donors (Lipinski definition) is 1. The van der Waals surface area contributed by atoms with Gasteiger partial charge in [0.1, 0.15) is 16.5 Å². The van der Waals surface area contributed by atoms with Crippen molar-refractivity contribution in [3.63, 3.8) is 0 Å². The first kappa shape index (κ1) is 13.9. The molecule has 3 heterocycles. The van der Waals surface area contributed by atoms with Crippen LogP contribution in [-0.4, -0.2) is 34.5 Å². The van der Waals surface area contributed by atoms with E-state index in [2.05, 4.69) is 27.5 Å². The number of nitrogens with zero attached hydrogens (tertiary/aromatic N) is 3. The van der Waals surface area contributed by atoms with Gasteiger partial charge in [-0.1, -0.05) is 12.8 Å². The van der Waals surface area contributed by atoms with Gasteiger partial charge in [-0.3, -0.25) is 4.79 Å². The molecule has 1 aliphatic heterocycles. The molecule has 2 aliphatic rings. The van der Waals surface area contributed by atoms with Crippen molar-refractivity contribution in [1.29, 1.82) is 0 Å². The number of amides is 1. The van der Waals surface area contributed by atoms with Gasteiger partial charge in [-0.05, 0) is 37.6 Å². The van der Waals surface area contributed by atoms with Gasteiger partial charge >= 0.3 is 0 Å². The van der Waals surface area contributed by atoms with Crippen molar-refractivity contribution in [2.24, 2.45) is 0 Å². The first-order valence-electron chi connectivity index (χ1n) is 7.92. The molecule has 1 saturated heterocycles. The van der Waals surface area contributed by atoms with Crippen LogP contribution in [0.5, 0.6) is 0 Å². The summed E-state index contributed by atoms with van der Waals surface area (Å²) >= 11 is 1.66. The lowest BCUT2D eigenvalue weighted by atomic mass is 9.87. The van der Waals surface area contributed by atoms with Crippen LogP contribution in [0.15, 0.2) is 5.38 Å². The number of rotatable bonds is 1. The summed E-state index contributed by atoms with van der Waals surface area (Å²) in [7, 11) is 0. The fourth-order valence-corrected chi connectivity index (χ4v) is 4.74. The molecule has 2 atom stereocenters. The van der Waals surface area contributed by atoms with Crippen LogP contribution in [0.25, 0.3) is 10.2 Å². The number of carbonyl (C=O) groups excluding carboxylic acids is 1. The van der Waals surface area contributed by atoms with Gasteiger partial charge in [-0.15, -0.1) is 11.3 Å². The number of nitrogens with one attached hydrogen (secondary N) is 1. The molecular weight excluding hydrogens is 296 g/mol. The van der Waals surface area contributed by atoms with E-state index in [0.29, 0.717) is 12.6 Å². The zero-order valence-corrected chi connectivity index (χ0v) is 13.7. The number of piperazine rings is 1. The highest BCUT2D eigenvalue weighted by molar-refractivity contribution is 7.17. The lowest BCUT2D eigenvalue weighted by molar-refractivity contribution is -0.122. The smallest absolute Gasteiger partial charge is 0.239 e. The second kappa shape index (κ2) is 5.19. The monoisotopic (exact) mass is 316 g/mol. The number of thiophene rings is 1. The molecule has 2 aromatic heterocycles. The van der Waals surface area contributed by atoms with Gasteiger partial charge in [0.05, 0.1) is 18.0 Å². The molecule has 0 bridgehead atoms. The fraction of sp³-hybridized carbons (Fsp3) is 0.562. The summed E-state index contributed by atoms with van der Waals surface area (Å²) in [6.45, 7) is 4.44. The Morgan fingerprint density at radius 3 is 2.95 bits per heavy atom. The summed E-state index contributed by atoms with van der Waals surface area (Å²) in [5.41, 5.74) is 1.20. The van der Waals surface area contributed by atoms with Gasteiger partial charge < -0.3 is 10.2 Å². The summed E-state index contributed by atoms with van der Waals surface area (Å²) in [5.74, 6) is 1.84. The topological polar surface area (TPSA) is 58.1 Å². The molecule has 0 radical (unpaired) electrons. The molecule has 1 aliphatic carbocycles. The van der Waals surface area contributed by atoms with Crippen molar-refractivity contribution in [3.8, 4) is 0 Å².